The van der Waals surface area contributed by atoms with E-state index in [1.165, 1.54) is 7.11 Å². The molecule has 3 aromatic rings. The van der Waals surface area contributed by atoms with Crippen LogP contribution in [-0.4, -0.2) is 18.2 Å². The average molecular weight is 349 g/mol. The average Bonchev–Trinajstić information content (AvgIpc) is 2.98. The molecule has 1 aromatic heterocycles. The molecule has 5 nitrogen and oxygen atoms in total. The van der Waals surface area contributed by atoms with Gasteiger partial charge in [0.15, 0.2) is 0 Å². The summed E-state index contributed by atoms with van der Waals surface area (Å²) in [6, 6.07) is 13.0. The molecule has 0 unspecified atom stereocenters. The molecule has 3 rings (SSSR count). The van der Waals surface area contributed by atoms with Crippen molar-refractivity contribution < 1.29 is 14.3 Å². The van der Waals surface area contributed by atoms with Gasteiger partial charge in [-0.1, -0.05) is 23.7 Å². The van der Waals surface area contributed by atoms with E-state index in [1.54, 1.807) is 29.5 Å². The lowest BCUT2D eigenvalue weighted by Crippen LogP contribution is -2.11. The highest BCUT2D eigenvalue weighted by Gasteiger charge is 2.08. The van der Waals surface area contributed by atoms with Crippen LogP contribution < -0.4 is 10.1 Å². The van der Waals surface area contributed by atoms with Gasteiger partial charge in [0.05, 0.1) is 28.0 Å². The van der Waals surface area contributed by atoms with Crippen LogP contribution >= 0.6 is 22.9 Å². The molecule has 0 radical (unpaired) electrons. The van der Waals surface area contributed by atoms with Gasteiger partial charge in [-0.15, -0.1) is 11.3 Å². The second-order valence-corrected chi connectivity index (χ2v) is 6.14. The second-order valence-electron chi connectivity index (χ2n) is 4.62. The Balaban J connectivity index is 1.68. The van der Waals surface area contributed by atoms with Crippen LogP contribution in [0.4, 0.5) is 10.5 Å². The molecule has 0 fully saturated rings. The molecule has 23 heavy (non-hydrogen) atoms. The third-order valence-electron chi connectivity index (χ3n) is 3.06. The topological polar surface area (TPSA) is 60.5 Å². The number of rotatable bonds is 4. The number of halogens is 1. The van der Waals surface area contributed by atoms with Gasteiger partial charge < -0.3 is 9.47 Å². The Labute approximate surface area is 141 Å². The molecular formula is C16H13ClN2O3S. The fourth-order valence-electron chi connectivity index (χ4n) is 1.97. The number of aromatic nitrogens is 1. The van der Waals surface area contributed by atoms with Crippen molar-refractivity contribution in [3.05, 3.63) is 52.5 Å². The SMILES string of the molecule is COC(=O)Nc1ccc(OCc2nc3ccccc3s2)cc1Cl. The number of ether oxygens (including phenoxy) is 2. The lowest BCUT2D eigenvalue weighted by molar-refractivity contribution is 0.187. The van der Waals surface area contributed by atoms with Gasteiger partial charge >= 0.3 is 6.09 Å². The molecule has 0 aliphatic heterocycles. The Hall–Kier alpha value is -2.31. The number of thiazole rings is 1. The van der Waals surface area contributed by atoms with Gasteiger partial charge in [0.2, 0.25) is 0 Å². The molecule has 7 heteroatoms. The fraction of sp³-hybridized carbons (Fsp3) is 0.125. The first-order chi connectivity index (χ1) is 11.2. The number of methoxy groups -OCH3 is 1. The van der Waals surface area contributed by atoms with E-state index in [0.717, 1.165) is 15.2 Å². The van der Waals surface area contributed by atoms with Gasteiger partial charge in [-0.25, -0.2) is 9.78 Å². The lowest BCUT2D eigenvalue weighted by atomic mass is 10.3. The summed E-state index contributed by atoms with van der Waals surface area (Å²) < 4.78 is 11.4. The summed E-state index contributed by atoms with van der Waals surface area (Å²) in [4.78, 5) is 15.7. The summed E-state index contributed by atoms with van der Waals surface area (Å²) in [5, 5.41) is 3.78. The van der Waals surface area contributed by atoms with E-state index in [1.807, 2.05) is 24.3 Å². The number of nitrogens with zero attached hydrogens (tertiary/aromatic N) is 1. The molecular weight excluding hydrogens is 336 g/mol. The molecule has 1 heterocycles. The highest BCUT2D eigenvalue weighted by atomic mass is 35.5. The van der Waals surface area contributed by atoms with Crippen molar-refractivity contribution in [1.29, 1.82) is 0 Å². The number of hydrogen-bond donors (Lipinski definition) is 1. The van der Waals surface area contributed by atoms with Crippen molar-refractivity contribution in [2.75, 3.05) is 12.4 Å². The Morgan fingerprint density at radius 2 is 2.13 bits per heavy atom. The number of carbonyl (C=O) groups excluding carboxylic acids is 1. The highest BCUT2D eigenvalue weighted by molar-refractivity contribution is 7.18. The Morgan fingerprint density at radius 3 is 2.87 bits per heavy atom. The van der Waals surface area contributed by atoms with Gasteiger partial charge in [-0.3, -0.25) is 5.32 Å². The minimum absolute atomic E-state index is 0.361. The number of anilines is 1. The molecule has 0 bridgehead atoms. The predicted molar refractivity (Wildman–Crippen MR) is 91.4 cm³/mol. The van der Waals surface area contributed by atoms with Crippen molar-refractivity contribution in [2.45, 2.75) is 6.61 Å². The summed E-state index contributed by atoms with van der Waals surface area (Å²) in [6.45, 7) is 0.361. The highest BCUT2D eigenvalue weighted by Crippen LogP contribution is 2.28. The quantitative estimate of drug-likeness (QED) is 0.742. The monoisotopic (exact) mass is 348 g/mol. The first-order valence-corrected chi connectivity index (χ1v) is 7.97. The van der Waals surface area contributed by atoms with Gasteiger partial charge in [0, 0.05) is 6.07 Å². The number of amides is 1. The molecule has 0 spiro atoms. The number of para-hydroxylation sites is 1. The second kappa shape index (κ2) is 6.85. The first-order valence-electron chi connectivity index (χ1n) is 6.77. The zero-order valence-electron chi connectivity index (χ0n) is 12.2. The van der Waals surface area contributed by atoms with Crippen LogP contribution in [0.2, 0.25) is 5.02 Å². The smallest absolute Gasteiger partial charge is 0.411 e. The standard InChI is InChI=1S/C16H13ClN2O3S/c1-21-16(20)19-12-7-6-10(8-11(12)17)22-9-15-18-13-4-2-3-5-14(13)23-15/h2-8H,9H2,1H3,(H,19,20). The molecule has 2 aromatic carbocycles. The van der Waals surface area contributed by atoms with E-state index in [4.69, 9.17) is 16.3 Å². The van der Waals surface area contributed by atoms with E-state index in [9.17, 15) is 4.79 Å². The summed E-state index contributed by atoms with van der Waals surface area (Å²) in [5.41, 5.74) is 1.43. The fourth-order valence-corrected chi connectivity index (χ4v) is 3.07. The number of hydrogen-bond acceptors (Lipinski definition) is 5. The summed E-state index contributed by atoms with van der Waals surface area (Å²) in [5.74, 6) is 0.602. The number of fused-ring (bicyclic) bond motifs is 1. The van der Waals surface area contributed by atoms with Crippen LogP contribution in [0.25, 0.3) is 10.2 Å². The van der Waals surface area contributed by atoms with E-state index in [2.05, 4.69) is 15.0 Å². The number of nitrogens with one attached hydrogen (secondary N) is 1. The van der Waals surface area contributed by atoms with Gasteiger partial charge in [-0.2, -0.15) is 0 Å². The largest absolute Gasteiger partial charge is 0.486 e. The van der Waals surface area contributed by atoms with Crippen LogP contribution in [0.1, 0.15) is 5.01 Å². The maximum absolute atomic E-state index is 11.2. The molecule has 1 N–H and O–H groups in total. The molecule has 0 aliphatic rings. The van der Waals surface area contributed by atoms with E-state index in [0.29, 0.717) is 23.1 Å². The van der Waals surface area contributed by atoms with Crippen molar-refractivity contribution >= 4 is 44.9 Å². The summed E-state index contributed by atoms with van der Waals surface area (Å²) >= 11 is 7.71. The minimum Gasteiger partial charge on any atom is -0.486 e. The molecule has 0 aliphatic carbocycles. The Morgan fingerprint density at radius 1 is 1.30 bits per heavy atom. The predicted octanol–water partition coefficient (Wildman–Crippen LogP) is 4.71. The van der Waals surface area contributed by atoms with Crippen LogP contribution in [0.5, 0.6) is 5.75 Å². The van der Waals surface area contributed by atoms with Gasteiger partial charge in [0.25, 0.3) is 0 Å². The number of benzene rings is 2. The maximum atomic E-state index is 11.2. The molecule has 0 atom stereocenters. The maximum Gasteiger partial charge on any atom is 0.411 e. The zero-order valence-corrected chi connectivity index (χ0v) is 13.8. The van der Waals surface area contributed by atoms with Crippen molar-refractivity contribution in [1.82, 2.24) is 4.98 Å². The minimum atomic E-state index is -0.574. The molecule has 0 saturated heterocycles. The summed E-state index contributed by atoms with van der Waals surface area (Å²) in [6.07, 6.45) is -0.574. The molecule has 118 valence electrons. The summed E-state index contributed by atoms with van der Waals surface area (Å²) in [7, 11) is 1.29. The van der Waals surface area contributed by atoms with Crippen LogP contribution in [0.15, 0.2) is 42.5 Å². The third-order valence-corrected chi connectivity index (χ3v) is 4.39. The van der Waals surface area contributed by atoms with Crippen LogP contribution in [-0.2, 0) is 11.3 Å². The molecule has 0 saturated carbocycles. The van der Waals surface area contributed by atoms with E-state index in [-0.39, 0.29) is 0 Å². The lowest BCUT2D eigenvalue weighted by Gasteiger charge is -2.08. The third kappa shape index (κ3) is 3.72. The van der Waals surface area contributed by atoms with Crippen LogP contribution in [0, 0.1) is 0 Å². The van der Waals surface area contributed by atoms with Crippen LogP contribution in [0.3, 0.4) is 0 Å². The Bertz CT molecular complexity index is 817. The zero-order chi connectivity index (χ0) is 16.2. The Kier molecular flexibility index (Phi) is 4.64. The first kappa shape index (κ1) is 15.6. The molecule has 1 amide bonds. The van der Waals surface area contributed by atoms with Crippen molar-refractivity contribution in [3.8, 4) is 5.75 Å². The van der Waals surface area contributed by atoms with E-state index < -0.39 is 6.09 Å². The van der Waals surface area contributed by atoms with Gasteiger partial charge in [-0.05, 0) is 24.3 Å². The normalized spacial score (nSPS) is 10.5. The van der Waals surface area contributed by atoms with Crippen molar-refractivity contribution in [2.24, 2.45) is 0 Å². The van der Waals surface area contributed by atoms with Gasteiger partial charge in [0.1, 0.15) is 17.4 Å². The number of carbonyl (C=O) groups is 1. The van der Waals surface area contributed by atoms with Crippen molar-refractivity contribution in [3.63, 3.8) is 0 Å². The van der Waals surface area contributed by atoms with E-state index >= 15 is 0 Å².